The topological polar surface area (TPSA) is 47.6 Å². The number of nitriles is 2. The summed E-state index contributed by atoms with van der Waals surface area (Å²) in [5.74, 6) is 0. The molecule has 0 bridgehead atoms. The molecule has 12 heavy (non-hydrogen) atoms. The summed E-state index contributed by atoms with van der Waals surface area (Å²) in [7, 11) is 0. The van der Waals surface area contributed by atoms with Gasteiger partial charge in [-0.3, -0.25) is 0 Å². The van der Waals surface area contributed by atoms with E-state index in [2.05, 4.69) is 44.0 Å². The highest BCUT2D eigenvalue weighted by molar-refractivity contribution is 9.10. The van der Waals surface area contributed by atoms with Gasteiger partial charge in [0.15, 0.2) is 0 Å². The second kappa shape index (κ2) is 3.36. The Morgan fingerprint density at radius 2 is 1.08 bits per heavy atom. The Bertz CT molecular complexity index is 225. The molecule has 1 aliphatic rings. The molecular formula is C8H8Br2N2. The summed E-state index contributed by atoms with van der Waals surface area (Å²) in [6.45, 7) is 0. The predicted octanol–water partition coefficient (Wildman–Crippen LogP) is 2.87. The lowest BCUT2D eigenvalue weighted by Gasteiger charge is -2.32. The minimum atomic E-state index is -0.388. The van der Waals surface area contributed by atoms with Crippen LogP contribution in [0.3, 0.4) is 0 Å². The van der Waals surface area contributed by atoms with E-state index >= 15 is 0 Å². The molecule has 1 fully saturated rings. The molecule has 0 heterocycles. The van der Waals surface area contributed by atoms with Crippen LogP contribution in [0.25, 0.3) is 0 Å². The molecular weight excluding hydrogens is 284 g/mol. The Hall–Kier alpha value is -0.0600. The first kappa shape index (κ1) is 10.0. The largest absolute Gasteiger partial charge is 0.197 e. The Balaban J connectivity index is 2.64. The second-order valence-electron chi connectivity index (χ2n) is 3.15. The molecule has 4 heteroatoms. The average molecular weight is 292 g/mol. The Labute approximate surface area is 88.8 Å². The molecule has 0 radical (unpaired) electrons. The maximum atomic E-state index is 8.80. The first-order valence-corrected chi connectivity index (χ1v) is 5.33. The maximum absolute atomic E-state index is 8.80. The van der Waals surface area contributed by atoms with Crippen molar-refractivity contribution in [1.82, 2.24) is 0 Å². The molecule has 0 unspecified atom stereocenters. The van der Waals surface area contributed by atoms with Crippen LogP contribution < -0.4 is 0 Å². The van der Waals surface area contributed by atoms with E-state index < -0.39 is 0 Å². The molecule has 0 aliphatic heterocycles. The number of halogens is 2. The van der Waals surface area contributed by atoms with Crippen molar-refractivity contribution in [2.75, 3.05) is 0 Å². The van der Waals surface area contributed by atoms with E-state index in [1.807, 2.05) is 0 Å². The third-order valence-corrected chi connectivity index (χ3v) is 4.18. The van der Waals surface area contributed by atoms with Crippen molar-refractivity contribution in [3.8, 4) is 12.1 Å². The van der Waals surface area contributed by atoms with Crippen LogP contribution in [0.15, 0.2) is 0 Å². The first-order valence-electron chi connectivity index (χ1n) is 3.74. The molecule has 0 spiro atoms. The monoisotopic (exact) mass is 290 g/mol. The van der Waals surface area contributed by atoms with Crippen molar-refractivity contribution >= 4 is 31.9 Å². The summed E-state index contributed by atoms with van der Waals surface area (Å²) in [5, 5.41) is 17.6. The summed E-state index contributed by atoms with van der Waals surface area (Å²) >= 11 is 6.77. The molecule has 0 saturated heterocycles. The molecule has 0 atom stereocenters. The van der Waals surface area contributed by atoms with Crippen molar-refractivity contribution in [3.63, 3.8) is 0 Å². The van der Waals surface area contributed by atoms with Crippen LogP contribution in [-0.2, 0) is 0 Å². The van der Waals surface area contributed by atoms with Gasteiger partial charge in [-0.2, -0.15) is 10.5 Å². The van der Waals surface area contributed by atoms with Crippen LogP contribution in [0.5, 0.6) is 0 Å². The van der Waals surface area contributed by atoms with Crippen molar-refractivity contribution in [3.05, 3.63) is 0 Å². The van der Waals surface area contributed by atoms with Gasteiger partial charge >= 0.3 is 0 Å². The molecule has 0 N–H and O–H groups in total. The molecule has 0 aromatic rings. The van der Waals surface area contributed by atoms with Gasteiger partial charge < -0.3 is 0 Å². The van der Waals surface area contributed by atoms with Gasteiger partial charge in [-0.15, -0.1) is 0 Å². The van der Waals surface area contributed by atoms with Crippen molar-refractivity contribution < 1.29 is 0 Å². The SMILES string of the molecule is N#CC1(Br)CCC(Br)(C#N)CC1. The fourth-order valence-corrected chi connectivity index (χ4v) is 2.06. The number of alkyl halides is 2. The van der Waals surface area contributed by atoms with Crippen LogP contribution in [-0.4, -0.2) is 8.65 Å². The van der Waals surface area contributed by atoms with E-state index in [-0.39, 0.29) is 8.65 Å². The Morgan fingerprint density at radius 3 is 1.25 bits per heavy atom. The normalized spacial score (nSPS) is 41.3. The molecule has 0 aromatic carbocycles. The third-order valence-electron chi connectivity index (χ3n) is 2.24. The highest BCUT2D eigenvalue weighted by atomic mass is 79.9. The van der Waals surface area contributed by atoms with Crippen LogP contribution in [0.4, 0.5) is 0 Å². The second-order valence-corrected chi connectivity index (χ2v) is 6.19. The van der Waals surface area contributed by atoms with Gasteiger partial charge in [0.05, 0.1) is 12.1 Å². The fourth-order valence-electron chi connectivity index (χ4n) is 1.27. The van der Waals surface area contributed by atoms with E-state index in [1.165, 1.54) is 0 Å². The predicted molar refractivity (Wildman–Crippen MR) is 53.0 cm³/mol. The highest BCUT2D eigenvalue weighted by Gasteiger charge is 2.40. The Morgan fingerprint density at radius 1 is 0.833 bits per heavy atom. The van der Waals surface area contributed by atoms with Gasteiger partial charge in [-0.25, -0.2) is 0 Å². The van der Waals surface area contributed by atoms with E-state index in [0.29, 0.717) is 0 Å². The summed E-state index contributed by atoms with van der Waals surface area (Å²) < 4.78 is -0.776. The van der Waals surface area contributed by atoms with Crippen molar-refractivity contribution in [2.45, 2.75) is 34.3 Å². The highest BCUT2D eigenvalue weighted by Crippen LogP contribution is 2.43. The van der Waals surface area contributed by atoms with E-state index in [4.69, 9.17) is 10.5 Å². The number of nitrogens with zero attached hydrogens (tertiary/aromatic N) is 2. The van der Waals surface area contributed by atoms with Gasteiger partial charge in [0.2, 0.25) is 0 Å². The fraction of sp³-hybridized carbons (Fsp3) is 0.750. The van der Waals surface area contributed by atoms with Gasteiger partial charge in [-0.05, 0) is 25.7 Å². The zero-order valence-electron chi connectivity index (χ0n) is 6.48. The number of hydrogen-bond donors (Lipinski definition) is 0. The summed E-state index contributed by atoms with van der Waals surface area (Å²) in [4.78, 5) is 0. The zero-order valence-corrected chi connectivity index (χ0v) is 9.65. The quantitative estimate of drug-likeness (QED) is 0.644. The molecule has 0 amide bonds. The minimum Gasteiger partial charge on any atom is -0.197 e. The van der Waals surface area contributed by atoms with E-state index in [1.54, 1.807) is 0 Å². The molecule has 64 valence electrons. The van der Waals surface area contributed by atoms with Crippen molar-refractivity contribution in [2.24, 2.45) is 0 Å². The Kier molecular flexibility index (Phi) is 2.81. The smallest absolute Gasteiger partial charge is 0.112 e. The summed E-state index contributed by atoms with van der Waals surface area (Å²) in [6, 6.07) is 4.46. The molecule has 1 rings (SSSR count). The number of hydrogen-bond acceptors (Lipinski definition) is 2. The van der Waals surface area contributed by atoms with Gasteiger partial charge in [-0.1, -0.05) is 31.9 Å². The van der Waals surface area contributed by atoms with E-state index in [0.717, 1.165) is 25.7 Å². The molecule has 0 aromatic heterocycles. The molecule has 2 nitrogen and oxygen atoms in total. The zero-order chi connectivity index (χ0) is 9.24. The standard InChI is InChI=1S/C8H8Br2N2/c9-7(5-11)1-2-8(10,6-12)4-3-7/h1-4H2. The van der Waals surface area contributed by atoms with Crippen LogP contribution in [0.1, 0.15) is 25.7 Å². The van der Waals surface area contributed by atoms with Crippen LogP contribution in [0, 0.1) is 22.7 Å². The first-order chi connectivity index (χ1) is 5.54. The van der Waals surface area contributed by atoms with Gasteiger partial charge in [0, 0.05) is 0 Å². The summed E-state index contributed by atoms with van der Waals surface area (Å²) in [5.41, 5.74) is 0. The lowest BCUT2D eigenvalue weighted by Crippen LogP contribution is -2.33. The molecule has 1 saturated carbocycles. The maximum Gasteiger partial charge on any atom is 0.112 e. The number of rotatable bonds is 0. The lowest BCUT2D eigenvalue weighted by molar-refractivity contribution is 0.434. The van der Waals surface area contributed by atoms with Crippen LogP contribution >= 0.6 is 31.9 Å². The van der Waals surface area contributed by atoms with Crippen molar-refractivity contribution in [1.29, 1.82) is 10.5 Å². The van der Waals surface area contributed by atoms with Gasteiger partial charge in [0.25, 0.3) is 0 Å². The lowest BCUT2D eigenvalue weighted by atomic mass is 9.83. The van der Waals surface area contributed by atoms with Crippen LogP contribution in [0.2, 0.25) is 0 Å². The molecule has 1 aliphatic carbocycles. The average Bonchev–Trinajstić information content (AvgIpc) is 2.11. The van der Waals surface area contributed by atoms with E-state index in [9.17, 15) is 0 Å². The third kappa shape index (κ3) is 2.00. The minimum absolute atomic E-state index is 0.388. The van der Waals surface area contributed by atoms with Gasteiger partial charge in [0.1, 0.15) is 8.65 Å². The summed E-state index contributed by atoms with van der Waals surface area (Å²) in [6.07, 6.45) is 2.95.